The Morgan fingerprint density at radius 3 is 2.65 bits per heavy atom. The van der Waals surface area contributed by atoms with Crippen LogP contribution in [0.2, 0.25) is 0 Å². The van der Waals surface area contributed by atoms with Crippen molar-refractivity contribution in [3.05, 3.63) is 36.2 Å². The maximum absolute atomic E-state index is 12.7. The number of aliphatic imine (C=N–C) groups is 1. The zero-order valence-corrected chi connectivity index (χ0v) is 17.0. The summed E-state index contributed by atoms with van der Waals surface area (Å²) in [5.41, 5.74) is 0.871. The second-order valence-electron chi connectivity index (χ2n) is 7.73. The summed E-state index contributed by atoms with van der Waals surface area (Å²) in [4.78, 5) is 50.0. The second-order valence-corrected chi connectivity index (χ2v) is 7.73. The Morgan fingerprint density at radius 1 is 1.16 bits per heavy atom. The van der Waals surface area contributed by atoms with Gasteiger partial charge in [0.2, 0.25) is 11.7 Å². The third kappa shape index (κ3) is 3.09. The molecule has 158 valence electrons. The normalized spacial score (nSPS) is 21.1. The van der Waals surface area contributed by atoms with Gasteiger partial charge in [0.15, 0.2) is 6.54 Å². The summed E-state index contributed by atoms with van der Waals surface area (Å²) in [5.74, 6) is 0.808. The molecule has 3 aliphatic rings. The number of nitrogens with zero attached hydrogens (tertiary/aromatic N) is 7. The molecule has 0 spiro atoms. The number of carbonyl (C=O) groups excluding carboxylic acids is 3. The average molecular weight is 422 g/mol. The third-order valence-electron chi connectivity index (χ3n) is 5.77. The van der Waals surface area contributed by atoms with Gasteiger partial charge in [0.1, 0.15) is 0 Å². The molecule has 0 bridgehead atoms. The Balaban J connectivity index is 1.20. The molecule has 11 nitrogen and oxygen atoms in total. The number of benzene rings is 1. The van der Waals surface area contributed by atoms with Crippen molar-refractivity contribution in [1.82, 2.24) is 24.8 Å². The minimum absolute atomic E-state index is 0.00883. The molecule has 2 saturated heterocycles. The number of aromatic nitrogens is 2. The highest BCUT2D eigenvalue weighted by Gasteiger charge is 2.51. The SMILES string of the molecule is CN1C(=O)C2C(=NC=[N+]2CC(=O)N2CC(c3nc(-c4ccccc4)no3)C2)N(C)C1=O. The molecule has 4 amide bonds. The Kier molecular flexibility index (Phi) is 4.38. The summed E-state index contributed by atoms with van der Waals surface area (Å²) < 4.78 is 6.94. The molecule has 1 aromatic carbocycles. The number of imide groups is 1. The summed E-state index contributed by atoms with van der Waals surface area (Å²) in [6, 6.07) is 8.33. The first-order chi connectivity index (χ1) is 14.9. The molecule has 1 unspecified atom stereocenters. The van der Waals surface area contributed by atoms with Crippen molar-refractivity contribution in [3.63, 3.8) is 0 Å². The van der Waals surface area contributed by atoms with Crippen molar-refractivity contribution in [1.29, 1.82) is 0 Å². The topological polar surface area (TPSA) is 115 Å². The van der Waals surface area contributed by atoms with Crippen molar-refractivity contribution in [3.8, 4) is 11.4 Å². The van der Waals surface area contributed by atoms with Crippen LogP contribution in [0.15, 0.2) is 39.8 Å². The van der Waals surface area contributed by atoms with Crippen LogP contribution in [-0.2, 0) is 9.59 Å². The number of amides is 4. The molecule has 2 fully saturated rings. The zero-order chi connectivity index (χ0) is 21.7. The molecule has 0 N–H and O–H groups in total. The van der Waals surface area contributed by atoms with E-state index in [0.29, 0.717) is 30.6 Å². The van der Waals surface area contributed by atoms with Crippen LogP contribution < -0.4 is 0 Å². The molecule has 1 atom stereocenters. The third-order valence-corrected chi connectivity index (χ3v) is 5.77. The molecule has 3 aliphatic heterocycles. The quantitative estimate of drug-likeness (QED) is 0.641. The van der Waals surface area contributed by atoms with Crippen molar-refractivity contribution < 1.29 is 23.5 Å². The Labute approximate surface area is 177 Å². The van der Waals surface area contributed by atoms with Crippen molar-refractivity contribution in [2.75, 3.05) is 33.7 Å². The second kappa shape index (κ2) is 7.11. The van der Waals surface area contributed by atoms with Gasteiger partial charge < -0.3 is 9.42 Å². The van der Waals surface area contributed by atoms with Crippen molar-refractivity contribution >= 4 is 30.0 Å². The molecule has 0 saturated carbocycles. The van der Waals surface area contributed by atoms with E-state index < -0.39 is 18.0 Å². The average Bonchev–Trinajstić information content (AvgIpc) is 3.38. The largest absolute Gasteiger partial charge is 0.339 e. The highest BCUT2D eigenvalue weighted by Crippen LogP contribution is 2.28. The van der Waals surface area contributed by atoms with E-state index in [4.69, 9.17) is 4.52 Å². The number of amidine groups is 1. The monoisotopic (exact) mass is 422 g/mol. The van der Waals surface area contributed by atoms with Crippen LogP contribution in [0.4, 0.5) is 4.79 Å². The number of rotatable bonds is 4. The van der Waals surface area contributed by atoms with Gasteiger partial charge in [-0.3, -0.25) is 19.4 Å². The first-order valence-corrected chi connectivity index (χ1v) is 9.83. The highest BCUT2D eigenvalue weighted by atomic mass is 16.5. The van der Waals surface area contributed by atoms with E-state index in [-0.39, 0.29) is 18.4 Å². The van der Waals surface area contributed by atoms with E-state index >= 15 is 0 Å². The van der Waals surface area contributed by atoms with E-state index in [1.165, 1.54) is 18.3 Å². The first kappa shape index (κ1) is 19.1. The standard InChI is InChI=1S/C20H20N7O4/c1-24-17-15(19(29)25(2)20(24)30)27(11-21-17)10-14(28)26-8-13(9-26)18-22-16(23-31-18)12-6-4-3-5-7-12/h3-7,11,13,15H,8-10H2,1-2H3/q+1. The van der Waals surface area contributed by atoms with Gasteiger partial charge in [-0.15, -0.1) is 0 Å². The molecular weight excluding hydrogens is 402 g/mol. The lowest BCUT2D eigenvalue weighted by molar-refractivity contribution is -0.521. The fourth-order valence-electron chi connectivity index (χ4n) is 3.87. The lowest BCUT2D eigenvalue weighted by Crippen LogP contribution is -2.62. The minimum Gasteiger partial charge on any atom is -0.339 e. The summed E-state index contributed by atoms with van der Waals surface area (Å²) in [6.45, 7) is 0.923. The Bertz CT molecular complexity index is 1130. The first-order valence-electron chi connectivity index (χ1n) is 9.83. The summed E-state index contributed by atoms with van der Waals surface area (Å²) in [6.07, 6.45) is 1.44. The van der Waals surface area contributed by atoms with Crippen LogP contribution in [-0.4, -0.2) is 99.2 Å². The molecule has 11 heteroatoms. The number of hydrogen-bond donors (Lipinski definition) is 0. The van der Waals surface area contributed by atoms with E-state index in [0.717, 1.165) is 10.5 Å². The summed E-state index contributed by atoms with van der Waals surface area (Å²) >= 11 is 0. The van der Waals surface area contributed by atoms with Gasteiger partial charge in [-0.05, 0) is 4.99 Å². The fourth-order valence-corrected chi connectivity index (χ4v) is 3.87. The summed E-state index contributed by atoms with van der Waals surface area (Å²) in [7, 11) is 2.98. The van der Waals surface area contributed by atoms with Gasteiger partial charge in [0.05, 0.1) is 5.92 Å². The number of likely N-dealkylation sites (N-methyl/N-ethyl adjacent to an activating group) is 2. The minimum atomic E-state index is -0.766. The number of carbonyl (C=O) groups is 3. The summed E-state index contributed by atoms with van der Waals surface area (Å²) in [5, 5.41) is 4.02. The molecule has 2 aromatic rings. The van der Waals surface area contributed by atoms with Crippen molar-refractivity contribution in [2.45, 2.75) is 12.0 Å². The van der Waals surface area contributed by atoms with Gasteiger partial charge in [-0.1, -0.05) is 35.5 Å². The van der Waals surface area contributed by atoms with Crippen LogP contribution in [0.3, 0.4) is 0 Å². The molecule has 4 heterocycles. The molecule has 5 rings (SSSR count). The molecule has 0 aliphatic carbocycles. The predicted molar refractivity (Wildman–Crippen MR) is 107 cm³/mol. The zero-order valence-electron chi connectivity index (χ0n) is 17.0. The van der Waals surface area contributed by atoms with Gasteiger partial charge in [0, 0.05) is 32.7 Å². The lowest BCUT2D eigenvalue weighted by Gasteiger charge is -2.37. The Hall–Kier alpha value is -3.89. The van der Waals surface area contributed by atoms with E-state index in [1.807, 2.05) is 30.3 Å². The molecule has 0 radical (unpaired) electrons. The fraction of sp³-hybridized carbons (Fsp3) is 0.350. The Morgan fingerprint density at radius 2 is 1.90 bits per heavy atom. The molecule has 1 aromatic heterocycles. The predicted octanol–water partition coefficient (Wildman–Crippen LogP) is 0.00770. The number of hydrogen-bond acceptors (Lipinski definition) is 7. The van der Waals surface area contributed by atoms with Crippen LogP contribution >= 0.6 is 0 Å². The van der Waals surface area contributed by atoms with Crippen LogP contribution in [0, 0.1) is 0 Å². The molecular formula is C20H20N7O4+. The maximum atomic E-state index is 12.7. The van der Waals surface area contributed by atoms with E-state index in [1.54, 1.807) is 16.5 Å². The number of urea groups is 1. The van der Waals surface area contributed by atoms with E-state index in [2.05, 4.69) is 15.1 Å². The van der Waals surface area contributed by atoms with Crippen LogP contribution in [0.1, 0.15) is 11.8 Å². The van der Waals surface area contributed by atoms with Gasteiger partial charge >= 0.3 is 6.03 Å². The number of fused-ring (bicyclic) bond motifs is 1. The van der Waals surface area contributed by atoms with Crippen molar-refractivity contribution in [2.24, 2.45) is 4.99 Å². The van der Waals surface area contributed by atoms with Crippen LogP contribution in [0.25, 0.3) is 11.4 Å². The molecule has 31 heavy (non-hydrogen) atoms. The smallest absolute Gasteiger partial charge is 0.333 e. The lowest BCUT2D eigenvalue weighted by atomic mass is 10.00. The highest BCUT2D eigenvalue weighted by molar-refractivity contribution is 6.21. The van der Waals surface area contributed by atoms with E-state index in [9.17, 15) is 14.4 Å². The number of likely N-dealkylation sites (tertiary alicyclic amines) is 1. The van der Waals surface area contributed by atoms with Gasteiger partial charge in [0.25, 0.3) is 30.0 Å². The van der Waals surface area contributed by atoms with Crippen LogP contribution in [0.5, 0.6) is 0 Å². The van der Waals surface area contributed by atoms with Gasteiger partial charge in [-0.25, -0.2) is 9.37 Å². The maximum Gasteiger partial charge on any atom is 0.333 e. The van der Waals surface area contributed by atoms with Gasteiger partial charge in [-0.2, -0.15) is 4.98 Å².